The average molecular weight is 322 g/mol. The first-order valence-electron chi connectivity index (χ1n) is 6.91. The fourth-order valence-corrected chi connectivity index (χ4v) is 2.07. The first kappa shape index (κ1) is 16.7. The summed E-state index contributed by atoms with van der Waals surface area (Å²) in [6.07, 6.45) is -1.67. The first-order valence-corrected chi connectivity index (χ1v) is 6.91. The lowest BCUT2D eigenvalue weighted by Crippen LogP contribution is -2.34. The lowest BCUT2D eigenvalue weighted by Gasteiger charge is -2.21. The van der Waals surface area contributed by atoms with Crippen LogP contribution in [0.5, 0.6) is 0 Å². The van der Waals surface area contributed by atoms with Gasteiger partial charge in [-0.3, -0.25) is 9.59 Å². The second kappa shape index (κ2) is 7.53. The third-order valence-corrected chi connectivity index (χ3v) is 3.24. The van der Waals surface area contributed by atoms with E-state index in [1.165, 1.54) is 13.3 Å². The van der Waals surface area contributed by atoms with Crippen LogP contribution in [0.1, 0.15) is 21.7 Å². The molecular weight excluding hydrogens is 306 g/mol. The number of hydrogen-bond donors (Lipinski definition) is 1. The highest BCUT2D eigenvalue weighted by Crippen LogP contribution is 2.14. The lowest BCUT2D eigenvalue weighted by atomic mass is 10.1. The van der Waals surface area contributed by atoms with Crippen LogP contribution in [-0.4, -0.2) is 30.2 Å². The molecule has 23 heavy (non-hydrogen) atoms. The van der Waals surface area contributed by atoms with Crippen molar-refractivity contribution in [2.24, 2.45) is 0 Å². The molecule has 2 amide bonds. The van der Waals surface area contributed by atoms with Crippen molar-refractivity contribution in [1.82, 2.24) is 10.2 Å². The molecule has 122 valence electrons. The van der Waals surface area contributed by atoms with Crippen LogP contribution in [0.2, 0.25) is 0 Å². The van der Waals surface area contributed by atoms with Crippen molar-refractivity contribution in [1.29, 1.82) is 0 Å². The standard InChI is InChI=1S/C16H16F2N2O3/c1-19-15(21)12-6-4-11(5-7-12)9-20(16(22)14(17)18)10-13-3-2-8-23-13/h2-8,14H,9-10H2,1H3,(H,19,21). The van der Waals surface area contributed by atoms with Crippen LogP contribution in [0.25, 0.3) is 0 Å². The van der Waals surface area contributed by atoms with E-state index >= 15 is 0 Å². The fraction of sp³-hybridized carbons (Fsp3) is 0.250. The van der Waals surface area contributed by atoms with E-state index < -0.39 is 12.3 Å². The van der Waals surface area contributed by atoms with E-state index in [0.29, 0.717) is 16.9 Å². The summed E-state index contributed by atoms with van der Waals surface area (Å²) in [5.41, 5.74) is 1.09. The van der Waals surface area contributed by atoms with E-state index in [0.717, 1.165) is 4.90 Å². The van der Waals surface area contributed by atoms with Crippen LogP contribution >= 0.6 is 0 Å². The number of carbonyl (C=O) groups excluding carboxylic acids is 2. The number of nitrogens with one attached hydrogen (secondary N) is 1. The summed E-state index contributed by atoms with van der Waals surface area (Å²) in [5.74, 6) is -1.09. The summed E-state index contributed by atoms with van der Waals surface area (Å²) in [7, 11) is 1.52. The molecule has 2 rings (SSSR count). The molecule has 0 aliphatic carbocycles. The van der Waals surface area contributed by atoms with E-state index in [2.05, 4.69) is 5.32 Å². The second-order valence-corrected chi connectivity index (χ2v) is 4.85. The SMILES string of the molecule is CNC(=O)c1ccc(CN(Cc2ccco2)C(=O)C(F)F)cc1. The molecule has 2 aromatic rings. The largest absolute Gasteiger partial charge is 0.467 e. The van der Waals surface area contributed by atoms with Crippen LogP contribution in [0.15, 0.2) is 47.1 Å². The number of alkyl halides is 2. The Kier molecular flexibility index (Phi) is 5.46. The molecule has 1 heterocycles. The van der Waals surface area contributed by atoms with E-state index in [1.807, 2.05) is 0 Å². The maximum atomic E-state index is 12.8. The second-order valence-electron chi connectivity index (χ2n) is 4.85. The smallest absolute Gasteiger partial charge is 0.315 e. The minimum atomic E-state index is -3.09. The molecule has 0 bridgehead atoms. The molecule has 0 spiro atoms. The molecule has 0 saturated heterocycles. The normalized spacial score (nSPS) is 10.6. The summed E-state index contributed by atoms with van der Waals surface area (Å²) in [4.78, 5) is 24.1. The third kappa shape index (κ3) is 4.38. The van der Waals surface area contributed by atoms with E-state index in [9.17, 15) is 18.4 Å². The Morgan fingerprint density at radius 1 is 1.17 bits per heavy atom. The highest BCUT2D eigenvalue weighted by atomic mass is 19.3. The van der Waals surface area contributed by atoms with Crippen LogP contribution in [0, 0.1) is 0 Å². The van der Waals surface area contributed by atoms with Gasteiger partial charge in [-0.1, -0.05) is 12.1 Å². The van der Waals surface area contributed by atoms with Crippen LogP contribution < -0.4 is 5.32 Å². The highest BCUT2D eigenvalue weighted by molar-refractivity contribution is 5.93. The van der Waals surface area contributed by atoms with Gasteiger partial charge in [-0.2, -0.15) is 8.78 Å². The summed E-state index contributed by atoms with van der Waals surface area (Å²) >= 11 is 0. The average Bonchev–Trinajstić information content (AvgIpc) is 3.06. The quantitative estimate of drug-likeness (QED) is 0.888. The van der Waals surface area contributed by atoms with E-state index in [-0.39, 0.29) is 19.0 Å². The van der Waals surface area contributed by atoms with Crippen LogP contribution in [-0.2, 0) is 17.9 Å². The highest BCUT2D eigenvalue weighted by Gasteiger charge is 2.24. The van der Waals surface area contributed by atoms with E-state index in [1.54, 1.807) is 36.4 Å². The molecule has 7 heteroatoms. The Balaban J connectivity index is 2.13. The maximum Gasteiger partial charge on any atom is 0.315 e. The molecule has 0 saturated carbocycles. The van der Waals surface area contributed by atoms with Crippen molar-refractivity contribution in [2.45, 2.75) is 19.5 Å². The number of nitrogens with zero attached hydrogens (tertiary/aromatic N) is 1. The minimum Gasteiger partial charge on any atom is -0.467 e. The molecule has 0 unspecified atom stereocenters. The Morgan fingerprint density at radius 3 is 2.39 bits per heavy atom. The molecule has 0 fully saturated rings. The lowest BCUT2D eigenvalue weighted by molar-refractivity contribution is -0.144. The van der Waals surface area contributed by atoms with Crippen molar-refractivity contribution < 1.29 is 22.8 Å². The molecule has 1 aromatic carbocycles. The zero-order valence-electron chi connectivity index (χ0n) is 12.5. The van der Waals surface area contributed by atoms with Gasteiger partial charge in [0.15, 0.2) is 0 Å². The minimum absolute atomic E-state index is 0.00209. The molecule has 0 atom stereocenters. The molecular formula is C16H16F2N2O3. The van der Waals surface area contributed by atoms with Gasteiger partial charge >= 0.3 is 6.43 Å². The van der Waals surface area contributed by atoms with Crippen LogP contribution in [0.3, 0.4) is 0 Å². The Labute approximate surface area is 131 Å². The number of furan rings is 1. The van der Waals surface area contributed by atoms with Crippen molar-refractivity contribution in [3.05, 3.63) is 59.5 Å². The predicted molar refractivity (Wildman–Crippen MR) is 78.8 cm³/mol. The molecule has 0 aliphatic rings. The van der Waals surface area contributed by atoms with Gasteiger partial charge in [0.2, 0.25) is 0 Å². The number of halogens is 2. The van der Waals surface area contributed by atoms with Crippen molar-refractivity contribution in [3.8, 4) is 0 Å². The fourth-order valence-electron chi connectivity index (χ4n) is 2.07. The monoisotopic (exact) mass is 322 g/mol. The Bertz CT molecular complexity index is 654. The van der Waals surface area contributed by atoms with Gasteiger partial charge in [0.25, 0.3) is 11.8 Å². The van der Waals surface area contributed by atoms with Crippen molar-refractivity contribution in [2.75, 3.05) is 7.05 Å². The molecule has 0 aliphatic heterocycles. The number of hydrogen-bond acceptors (Lipinski definition) is 3. The Hall–Kier alpha value is -2.70. The van der Waals surface area contributed by atoms with Crippen molar-refractivity contribution >= 4 is 11.8 Å². The van der Waals surface area contributed by atoms with Crippen LogP contribution in [0.4, 0.5) is 8.78 Å². The van der Waals surface area contributed by atoms with Crippen molar-refractivity contribution in [3.63, 3.8) is 0 Å². The van der Waals surface area contributed by atoms with Gasteiger partial charge in [-0.05, 0) is 29.8 Å². The third-order valence-electron chi connectivity index (χ3n) is 3.24. The maximum absolute atomic E-state index is 12.8. The molecule has 0 radical (unpaired) electrons. The Morgan fingerprint density at radius 2 is 1.87 bits per heavy atom. The number of carbonyl (C=O) groups is 2. The first-order chi connectivity index (χ1) is 11.0. The summed E-state index contributed by atoms with van der Waals surface area (Å²) in [6.45, 7) is -0.0503. The zero-order valence-corrected chi connectivity index (χ0v) is 12.5. The van der Waals surface area contributed by atoms with Gasteiger partial charge in [0.1, 0.15) is 5.76 Å². The molecule has 1 N–H and O–H groups in total. The summed E-state index contributed by atoms with van der Waals surface area (Å²) in [6, 6.07) is 9.63. The van der Waals surface area contributed by atoms with Gasteiger partial charge in [-0.25, -0.2) is 0 Å². The molecule has 5 nitrogen and oxygen atoms in total. The number of rotatable bonds is 6. The van der Waals surface area contributed by atoms with E-state index in [4.69, 9.17) is 4.42 Å². The zero-order chi connectivity index (χ0) is 16.8. The van der Waals surface area contributed by atoms with Gasteiger partial charge in [0.05, 0.1) is 12.8 Å². The molecule has 1 aromatic heterocycles. The van der Waals surface area contributed by atoms with Gasteiger partial charge < -0.3 is 14.6 Å². The summed E-state index contributed by atoms with van der Waals surface area (Å²) in [5, 5.41) is 2.49. The van der Waals surface area contributed by atoms with Gasteiger partial charge in [0, 0.05) is 19.2 Å². The number of amides is 2. The topological polar surface area (TPSA) is 62.6 Å². The van der Waals surface area contributed by atoms with Gasteiger partial charge in [-0.15, -0.1) is 0 Å². The number of benzene rings is 1. The summed E-state index contributed by atoms with van der Waals surface area (Å²) < 4.78 is 30.6. The predicted octanol–water partition coefficient (Wildman–Crippen LogP) is 2.43.